The van der Waals surface area contributed by atoms with Gasteiger partial charge >= 0.3 is 5.97 Å². The van der Waals surface area contributed by atoms with Crippen LogP contribution in [0.5, 0.6) is 0 Å². The van der Waals surface area contributed by atoms with E-state index >= 15 is 0 Å². The highest BCUT2D eigenvalue weighted by molar-refractivity contribution is 7.89. The van der Waals surface area contributed by atoms with Crippen molar-refractivity contribution in [2.45, 2.75) is 24.3 Å². The highest BCUT2D eigenvalue weighted by Gasteiger charge is 2.42. The third kappa shape index (κ3) is 2.74. The van der Waals surface area contributed by atoms with Crippen molar-refractivity contribution < 1.29 is 23.2 Å². The fraction of sp³-hybridized carbons (Fsp3) is 0.417. The monoisotopic (exact) mass is 314 g/mol. The Balaban J connectivity index is 2.37. The summed E-state index contributed by atoms with van der Waals surface area (Å²) in [7, 11) is -3.94. The van der Waals surface area contributed by atoms with E-state index in [1.807, 2.05) is 0 Å². The van der Waals surface area contributed by atoms with Crippen LogP contribution in [0.4, 0.5) is 5.69 Å². The zero-order valence-corrected chi connectivity index (χ0v) is 12.0. The van der Waals surface area contributed by atoms with Crippen molar-refractivity contribution in [1.82, 2.24) is 4.31 Å². The molecule has 0 aromatic heterocycles. The first-order valence-electron chi connectivity index (χ1n) is 6.24. The highest BCUT2D eigenvalue weighted by Crippen LogP contribution is 2.31. The lowest BCUT2D eigenvalue weighted by Gasteiger charge is -2.22. The Morgan fingerprint density at radius 3 is 2.67 bits per heavy atom. The number of hydrogen-bond donors (Lipinski definition) is 1. The van der Waals surface area contributed by atoms with E-state index in [0.717, 1.165) is 10.4 Å². The van der Waals surface area contributed by atoms with Gasteiger partial charge in [-0.1, -0.05) is 6.07 Å². The molecule has 1 aromatic carbocycles. The van der Waals surface area contributed by atoms with Crippen LogP contribution in [0.1, 0.15) is 13.3 Å². The standard InChI is InChI=1S/C12H14N2O6S/c1-8-11(12(15)16)5-6-13(8)21(19,20)10-4-2-3-9(7-10)14(17)18/h2-4,7-8,11H,5-6H2,1H3,(H,15,16). The van der Waals surface area contributed by atoms with Gasteiger partial charge in [-0.15, -0.1) is 0 Å². The minimum Gasteiger partial charge on any atom is -0.481 e. The quantitative estimate of drug-likeness (QED) is 0.656. The van der Waals surface area contributed by atoms with Crippen LogP contribution in [-0.2, 0) is 14.8 Å². The second-order valence-electron chi connectivity index (χ2n) is 4.84. The van der Waals surface area contributed by atoms with E-state index in [1.165, 1.54) is 25.1 Å². The maximum Gasteiger partial charge on any atom is 0.308 e. The molecular weight excluding hydrogens is 300 g/mol. The first-order chi connectivity index (χ1) is 9.75. The summed E-state index contributed by atoms with van der Waals surface area (Å²) in [6.45, 7) is 1.61. The van der Waals surface area contributed by atoms with Gasteiger partial charge < -0.3 is 5.11 Å². The summed E-state index contributed by atoms with van der Waals surface area (Å²) in [5.41, 5.74) is -0.322. The number of nitro groups is 1. The molecule has 1 aromatic rings. The molecule has 21 heavy (non-hydrogen) atoms. The molecule has 2 atom stereocenters. The van der Waals surface area contributed by atoms with Gasteiger partial charge in [-0.2, -0.15) is 4.31 Å². The predicted octanol–water partition coefficient (Wildman–Crippen LogP) is 1.08. The van der Waals surface area contributed by atoms with Gasteiger partial charge in [0.25, 0.3) is 5.69 Å². The number of sulfonamides is 1. The van der Waals surface area contributed by atoms with Crippen molar-refractivity contribution in [3.8, 4) is 0 Å². The summed E-state index contributed by atoms with van der Waals surface area (Å²) in [4.78, 5) is 20.9. The first-order valence-corrected chi connectivity index (χ1v) is 7.68. The number of benzene rings is 1. The predicted molar refractivity (Wildman–Crippen MR) is 72.2 cm³/mol. The largest absolute Gasteiger partial charge is 0.481 e. The summed E-state index contributed by atoms with van der Waals surface area (Å²) in [5.74, 6) is -1.81. The molecule has 1 saturated heterocycles. The van der Waals surface area contributed by atoms with Crippen LogP contribution >= 0.6 is 0 Å². The average Bonchev–Trinajstić information content (AvgIpc) is 2.81. The molecule has 1 N–H and O–H groups in total. The van der Waals surface area contributed by atoms with Crippen molar-refractivity contribution in [2.75, 3.05) is 6.54 Å². The Bertz CT molecular complexity index is 687. The van der Waals surface area contributed by atoms with Crippen LogP contribution < -0.4 is 0 Å². The van der Waals surface area contributed by atoms with Crippen LogP contribution in [0.3, 0.4) is 0 Å². The molecule has 1 aliphatic heterocycles. The van der Waals surface area contributed by atoms with Gasteiger partial charge in [-0.3, -0.25) is 14.9 Å². The summed E-state index contributed by atoms with van der Waals surface area (Å²) in [6, 6.07) is 4.05. The topological polar surface area (TPSA) is 118 Å². The Hall–Kier alpha value is -2.00. The Kier molecular flexibility index (Phi) is 3.97. The highest BCUT2D eigenvalue weighted by atomic mass is 32.2. The van der Waals surface area contributed by atoms with Crippen molar-refractivity contribution >= 4 is 21.7 Å². The lowest BCUT2D eigenvalue weighted by atomic mass is 10.0. The van der Waals surface area contributed by atoms with E-state index in [0.29, 0.717) is 0 Å². The van der Waals surface area contributed by atoms with Gasteiger partial charge in [0.1, 0.15) is 0 Å². The third-order valence-electron chi connectivity index (χ3n) is 3.65. The normalized spacial score (nSPS) is 23.1. The number of aliphatic carboxylic acids is 1. The molecule has 0 aliphatic carbocycles. The molecule has 1 aliphatic rings. The van der Waals surface area contributed by atoms with Crippen molar-refractivity contribution in [3.63, 3.8) is 0 Å². The maximum atomic E-state index is 12.5. The van der Waals surface area contributed by atoms with Crippen molar-refractivity contribution in [3.05, 3.63) is 34.4 Å². The van der Waals surface area contributed by atoms with Gasteiger partial charge in [0.05, 0.1) is 15.7 Å². The van der Waals surface area contributed by atoms with Crippen LogP contribution in [0.2, 0.25) is 0 Å². The molecule has 0 spiro atoms. The Morgan fingerprint density at radius 2 is 2.14 bits per heavy atom. The molecule has 2 rings (SSSR count). The van der Waals surface area contributed by atoms with Crippen LogP contribution in [0.25, 0.3) is 0 Å². The van der Waals surface area contributed by atoms with Gasteiger partial charge in [0.15, 0.2) is 0 Å². The third-order valence-corrected chi connectivity index (χ3v) is 5.63. The fourth-order valence-corrected chi connectivity index (χ4v) is 4.20. The second kappa shape index (κ2) is 5.41. The number of carbonyl (C=O) groups is 1. The number of nitro benzene ring substituents is 1. The lowest BCUT2D eigenvalue weighted by Crippen LogP contribution is -2.37. The molecule has 1 fully saturated rings. The van der Waals surface area contributed by atoms with E-state index in [9.17, 15) is 23.3 Å². The SMILES string of the molecule is CC1C(C(=O)O)CCN1S(=O)(=O)c1cccc([N+](=O)[O-])c1. The molecule has 0 saturated carbocycles. The molecule has 0 amide bonds. The van der Waals surface area contributed by atoms with Crippen LogP contribution in [0.15, 0.2) is 29.2 Å². The minimum absolute atomic E-state index is 0.0865. The van der Waals surface area contributed by atoms with E-state index in [1.54, 1.807) is 0 Å². The summed E-state index contributed by atoms with van der Waals surface area (Å²) in [5, 5.41) is 19.8. The molecule has 114 valence electrons. The van der Waals surface area contributed by atoms with Crippen LogP contribution in [-0.4, -0.2) is 41.3 Å². The Labute approximate surface area is 121 Å². The van der Waals surface area contributed by atoms with Gasteiger partial charge in [-0.05, 0) is 19.4 Å². The zero-order chi connectivity index (χ0) is 15.8. The number of hydrogen-bond acceptors (Lipinski definition) is 5. The van der Waals surface area contributed by atoms with Crippen molar-refractivity contribution in [1.29, 1.82) is 0 Å². The first kappa shape index (κ1) is 15.4. The van der Waals surface area contributed by atoms with E-state index in [2.05, 4.69) is 0 Å². The molecule has 1 heterocycles. The smallest absolute Gasteiger partial charge is 0.308 e. The average molecular weight is 314 g/mol. The van der Waals surface area contributed by atoms with E-state index < -0.39 is 32.9 Å². The van der Waals surface area contributed by atoms with Gasteiger partial charge in [0.2, 0.25) is 10.0 Å². The Morgan fingerprint density at radius 1 is 1.48 bits per heavy atom. The molecular formula is C12H14N2O6S. The fourth-order valence-electron chi connectivity index (χ4n) is 2.47. The molecule has 8 nitrogen and oxygen atoms in total. The van der Waals surface area contributed by atoms with Crippen molar-refractivity contribution in [2.24, 2.45) is 5.92 Å². The zero-order valence-electron chi connectivity index (χ0n) is 11.2. The summed E-state index contributed by atoms with van der Waals surface area (Å²) < 4.78 is 26.1. The minimum atomic E-state index is -3.94. The van der Waals surface area contributed by atoms with Gasteiger partial charge in [0, 0.05) is 24.7 Å². The number of rotatable bonds is 4. The van der Waals surface area contributed by atoms with E-state index in [-0.39, 0.29) is 23.5 Å². The van der Waals surface area contributed by atoms with Crippen LogP contribution in [0, 0.1) is 16.0 Å². The number of carboxylic acid groups (broad SMARTS) is 1. The molecule has 0 bridgehead atoms. The number of non-ortho nitro benzene ring substituents is 1. The second-order valence-corrected chi connectivity index (χ2v) is 6.73. The summed E-state index contributed by atoms with van der Waals surface area (Å²) >= 11 is 0. The maximum absolute atomic E-state index is 12.5. The molecule has 2 unspecified atom stereocenters. The molecule has 9 heteroatoms. The van der Waals surface area contributed by atoms with Gasteiger partial charge in [-0.25, -0.2) is 8.42 Å². The molecule has 0 radical (unpaired) electrons. The lowest BCUT2D eigenvalue weighted by molar-refractivity contribution is -0.385. The number of nitrogens with zero attached hydrogens (tertiary/aromatic N) is 2. The van der Waals surface area contributed by atoms with E-state index in [4.69, 9.17) is 5.11 Å². The summed E-state index contributed by atoms with van der Waals surface area (Å²) in [6.07, 6.45) is 0.227. The number of carboxylic acids is 1.